The van der Waals surface area contributed by atoms with Crippen LogP contribution in [0.15, 0.2) is 48.8 Å². The first kappa shape index (κ1) is 21.6. The first-order chi connectivity index (χ1) is 13.9. The van der Waals surface area contributed by atoms with Gasteiger partial charge < -0.3 is 5.32 Å². The molecule has 0 aliphatic rings. The van der Waals surface area contributed by atoms with Crippen molar-refractivity contribution >= 4 is 43.5 Å². The summed E-state index contributed by atoms with van der Waals surface area (Å²) < 4.78 is 40.8. The number of aromatic amines is 1. The number of anilines is 1. The number of nitrogens with zero attached hydrogens (tertiary/aromatic N) is 2. The van der Waals surface area contributed by atoms with Crippen LogP contribution in [0.3, 0.4) is 0 Å². The van der Waals surface area contributed by atoms with Crippen LogP contribution in [-0.2, 0) is 11.0 Å². The van der Waals surface area contributed by atoms with Gasteiger partial charge >= 0.3 is 6.18 Å². The molecular formula is C20H20F3N5OS. The molecule has 0 atom stereocenters. The zero-order valence-electron chi connectivity index (χ0n) is 16.6. The van der Waals surface area contributed by atoms with Crippen LogP contribution < -0.4 is 10.6 Å². The first-order valence-electron chi connectivity index (χ1n) is 8.84. The van der Waals surface area contributed by atoms with E-state index in [0.29, 0.717) is 15.8 Å². The minimum Gasteiger partial charge on any atom is -0.372 e. The summed E-state index contributed by atoms with van der Waals surface area (Å²) in [5.74, 6) is -0.469. The Balaban J connectivity index is 1.91. The maximum Gasteiger partial charge on any atom is 0.418 e. The topological polar surface area (TPSA) is 82.7 Å². The number of aromatic nitrogens is 3. The molecule has 3 aromatic rings. The summed E-state index contributed by atoms with van der Waals surface area (Å²) in [6.07, 6.45) is 0.262. The van der Waals surface area contributed by atoms with Gasteiger partial charge in [0.1, 0.15) is 5.54 Å². The molecule has 0 spiro atoms. The fourth-order valence-electron chi connectivity index (χ4n) is 2.75. The van der Waals surface area contributed by atoms with Crippen molar-refractivity contribution in [2.75, 3.05) is 5.32 Å². The molecular weight excluding hydrogens is 415 g/mol. The van der Waals surface area contributed by atoms with Gasteiger partial charge in [-0.2, -0.15) is 18.3 Å². The summed E-state index contributed by atoms with van der Waals surface area (Å²) in [5.41, 5.74) is -0.647. The summed E-state index contributed by atoms with van der Waals surface area (Å²) in [6, 6.07) is 0.972. The van der Waals surface area contributed by atoms with E-state index < -0.39 is 23.2 Å². The second-order valence-electron chi connectivity index (χ2n) is 7.36. The SMILES string of the molecule is C=C(C)/C=C\C(=C)NC(C)(C)C(=O)Nc1nc2c(C(F)(F)F)cc3[nH]ncc3c2s1. The standard InChI is InChI=1S/C20H20F3N5OS/c1-10(2)6-7-11(3)27-19(4,5)17(29)26-18-25-15-13(20(21,22)23)8-14-12(9-24-28-14)16(15)30-18/h6-9,27H,1,3H2,2,4-5H3,(H,24,28)(H,25,26,29)/b7-6-. The van der Waals surface area contributed by atoms with Crippen LogP contribution in [0.25, 0.3) is 21.1 Å². The highest BCUT2D eigenvalue weighted by molar-refractivity contribution is 7.23. The molecule has 2 aromatic heterocycles. The lowest BCUT2D eigenvalue weighted by molar-refractivity contribution is -0.136. The molecule has 0 saturated carbocycles. The van der Waals surface area contributed by atoms with E-state index in [9.17, 15) is 18.0 Å². The predicted molar refractivity (Wildman–Crippen MR) is 113 cm³/mol. The highest BCUT2D eigenvalue weighted by Gasteiger charge is 2.36. The van der Waals surface area contributed by atoms with Crippen LogP contribution in [-0.4, -0.2) is 26.6 Å². The number of hydrogen-bond acceptors (Lipinski definition) is 5. The summed E-state index contributed by atoms with van der Waals surface area (Å²) >= 11 is 0.960. The largest absolute Gasteiger partial charge is 0.418 e. The molecule has 0 fully saturated rings. The van der Waals surface area contributed by atoms with Crippen molar-refractivity contribution in [1.82, 2.24) is 20.5 Å². The van der Waals surface area contributed by atoms with E-state index >= 15 is 0 Å². The molecule has 3 N–H and O–H groups in total. The molecule has 0 radical (unpaired) electrons. The lowest BCUT2D eigenvalue weighted by atomic mass is 10.0. The van der Waals surface area contributed by atoms with Crippen LogP contribution in [0.4, 0.5) is 18.3 Å². The zero-order chi connectivity index (χ0) is 22.3. The highest BCUT2D eigenvalue weighted by Crippen LogP contribution is 2.41. The Morgan fingerprint density at radius 3 is 2.60 bits per heavy atom. The highest BCUT2D eigenvalue weighted by atomic mass is 32.1. The van der Waals surface area contributed by atoms with Crippen molar-refractivity contribution in [3.8, 4) is 0 Å². The van der Waals surface area contributed by atoms with Crippen LogP contribution in [0.5, 0.6) is 0 Å². The maximum atomic E-state index is 13.5. The Hall–Kier alpha value is -3.14. The van der Waals surface area contributed by atoms with Gasteiger partial charge in [0.25, 0.3) is 5.91 Å². The summed E-state index contributed by atoms with van der Waals surface area (Å²) in [5, 5.41) is 12.5. The molecule has 30 heavy (non-hydrogen) atoms. The van der Waals surface area contributed by atoms with Gasteiger partial charge in [-0.3, -0.25) is 15.2 Å². The molecule has 0 bridgehead atoms. The van der Waals surface area contributed by atoms with Gasteiger partial charge in [-0.05, 0) is 32.9 Å². The molecule has 0 aliphatic carbocycles. The van der Waals surface area contributed by atoms with E-state index in [1.54, 1.807) is 26.0 Å². The molecule has 0 saturated heterocycles. The lowest BCUT2D eigenvalue weighted by Gasteiger charge is -2.25. The average molecular weight is 435 g/mol. The molecule has 1 amide bonds. The summed E-state index contributed by atoms with van der Waals surface area (Å²) in [6.45, 7) is 12.7. The monoisotopic (exact) mass is 435 g/mol. The molecule has 10 heteroatoms. The number of amides is 1. The third-order valence-electron chi connectivity index (χ3n) is 4.22. The Morgan fingerprint density at radius 2 is 1.97 bits per heavy atom. The lowest BCUT2D eigenvalue weighted by Crippen LogP contribution is -2.48. The number of carbonyl (C=O) groups excluding carboxylic acids is 1. The fraction of sp³-hybridized carbons (Fsp3) is 0.250. The van der Waals surface area contributed by atoms with Gasteiger partial charge in [-0.15, -0.1) is 0 Å². The second-order valence-corrected chi connectivity index (χ2v) is 8.36. The van der Waals surface area contributed by atoms with Crippen molar-refractivity contribution < 1.29 is 18.0 Å². The van der Waals surface area contributed by atoms with Crippen molar-refractivity contribution in [3.05, 3.63) is 54.4 Å². The number of alkyl halides is 3. The summed E-state index contributed by atoms with van der Waals surface area (Å²) in [4.78, 5) is 16.8. The third kappa shape index (κ3) is 4.38. The van der Waals surface area contributed by atoms with Gasteiger partial charge in [-0.1, -0.05) is 36.1 Å². The normalized spacial score (nSPS) is 12.6. The van der Waals surface area contributed by atoms with E-state index in [1.807, 2.05) is 6.92 Å². The van der Waals surface area contributed by atoms with E-state index in [1.165, 1.54) is 6.20 Å². The number of thiazole rings is 1. The van der Waals surface area contributed by atoms with E-state index in [4.69, 9.17) is 0 Å². The van der Waals surface area contributed by atoms with Gasteiger partial charge in [0.2, 0.25) is 0 Å². The minimum absolute atomic E-state index is 0.0622. The summed E-state index contributed by atoms with van der Waals surface area (Å²) in [7, 11) is 0. The number of rotatable bonds is 6. The van der Waals surface area contributed by atoms with Crippen molar-refractivity contribution in [3.63, 3.8) is 0 Å². The molecule has 1 aromatic carbocycles. The maximum absolute atomic E-state index is 13.5. The Labute approximate surface area is 174 Å². The number of fused-ring (bicyclic) bond motifs is 3. The van der Waals surface area contributed by atoms with Crippen LogP contribution in [0.2, 0.25) is 0 Å². The molecule has 3 rings (SSSR count). The Morgan fingerprint density at radius 1 is 1.27 bits per heavy atom. The average Bonchev–Trinajstić information content (AvgIpc) is 3.23. The number of benzene rings is 1. The van der Waals surface area contributed by atoms with E-state index in [2.05, 4.69) is 39.0 Å². The number of nitrogens with one attached hydrogen (secondary N) is 3. The zero-order valence-corrected chi connectivity index (χ0v) is 17.4. The van der Waals surface area contributed by atoms with Gasteiger partial charge in [0.15, 0.2) is 5.13 Å². The molecule has 2 heterocycles. The Bertz CT molecular complexity index is 1190. The number of hydrogen-bond donors (Lipinski definition) is 3. The van der Waals surface area contributed by atoms with Crippen molar-refractivity contribution in [2.45, 2.75) is 32.5 Å². The Kier molecular flexibility index (Phi) is 5.46. The third-order valence-corrected chi connectivity index (χ3v) is 5.22. The number of carbonyl (C=O) groups is 1. The predicted octanol–water partition coefficient (Wildman–Crippen LogP) is 5.14. The molecule has 6 nitrogen and oxygen atoms in total. The quantitative estimate of drug-likeness (QED) is 0.468. The van der Waals surface area contributed by atoms with Crippen molar-refractivity contribution in [1.29, 1.82) is 0 Å². The smallest absolute Gasteiger partial charge is 0.372 e. The molecule has 0 aliphatic heterocycles. The van der Waals surface area contributed by atoms with Crippen LogP contribution in [0, 0.1) is 0 Å². The van der Waals surface area contributed by atoms with Gasteiger partial charge in [0.05, 0.1) is 27.5 Å². The minimum atomic E-state index is -4.60. The molecule has 158 valence electrons. The van der Waals surface area contributed by atoms with Crippen LogP contribution >= 0.6 is 11.3 Å². The number of halogens is 3. The molecule has 0 unspecified atom stereocenters. The number of H-pyrrole nitrogens is 1. The fourth-order valence-corrected chi connectivity index (χ4v) is 3.75. The van der Waals surface area contributed by atoms with E-state index in [0.717, 1.165) is 23.0 Å². The van der Waals surface area contributed by atoms with Crippen LogP contribution in [0.1, 0.15) is 26.3 Å². The van der Waals surface area contributed by atoms with Crippen molar-refractivity contribution in [2.24, 2.45) is 0 Å². The second kappa shape index (κ2) is 7.60. The number of allylic oxidation sites excluding steroid dienone is 3. The van der Waals surface area contributed by atoms with E-state index in [-0.39, 0.29) is 16.2 Å². The van der Waals surface area contributed by atoms with Gasteiger partial charge in [0, 0.05) is 11.1 Å². The van der Waals surface area contributed by atoms with Gasteiger partial charge in [-0.25, -0.2) is 4.98 Å². The first-order valence-corrected chi connectivity index (χ1v) is 9.66.